The second kappa shape index (κ2) is 3.63. The van der Waals surface area contributed by atoms with Gasteiger partial charge in [-0.2, -0.15) is 0 Å². The van der Waals surface area contributed by atoms with E-state index in [0.717, 1.165) is 19.3 Å². The smallest absolute Gasteiger partial charge is 0.212 e. The minimum Gasteiger partial charge on any atom is -0.212 e. The van der Waals surface area contributed by atoms with Gasteiger partial charge in [-0.25, -0.2) is 8.42 Å². The van der Waals surface area contributed by atoms with Crippen LogP contribution in [0.2, 0.25) is 0 Å². The van der Waals surface area contributed by atoms with Crippen LogP contribution < -0.4 is 0 Å². The van der Waals surface area contributed by atoms with Gasteiger partial charge in [-0.3, -0.25) is 0 Å². The monoisotopic (exact) mass is 250 g/mol. The van der Waals surface area contributed by atoms with Gasteiger partial charge in [-0.1, -0.05) is 26.2 Å². The molecule has 0 aliphatic heterocycles. The molecule has 15 heavy (non-hydrogen) atoms. The van der Waals surface area contributed by atoms with E-state index in [-0.39, 0.29) is 5.41 Å². The van der Waals surface area contributed by atoms with Crippen molar-refractivity contribution in [3.05, 3.63) is 0 Å². The van der Waals surface area contributed by atoms with Gasteiger partial charge < -0.3 is 0 Å². The third-order valence-electron chi connectivity index (χ3n) is 4.13. The summed E-state index contributed by atoms with van der Waals surface area (Å²) in [4.78, 5) is 0. The quantitative estimate of drug-likeness (QED) is 0.719. The molecule has 0 spiro atoms. The Hall–Kier alpha value is 0.240. The zero-order valence-electron chi connectivity index (χ0n) is 9.26. The molecule has 2 rings (SSSR count). The fourth-order valence-corrected chi connectivity index (χ4v) is 4.74. The van der Waals surface area contributed by atoms with E-state index in [9.17, 15) is 8.42 Å². The van der Waals surface area contributed by atoms with Crippen LogP contribution in [0.15, 0.2) is 0 Å². The van der Waals surface area contributed by atoms with E-state index in [4.69, 9.17) is 10.7 Å². The largest absolute Gasteiger partial charge is 0.238 e. The van der Waals surface area contributed by atoms with Gasteiger partial charge in [0, 0.05) is 10.7 Å². The molecule has 0 bridgehead atoms. The maximum Gasteiger partial charge on any atom is 0.238 e. The first-order valence-electron chi connectivity index (χ1n) is 5.81. The first-order chi connectivity index (χ1) is 6.87. The molecule has 2 aliphatic carbocycles. The molecule has 0 aromatic rings. The third-order valence-corrected chi connectivity index (χ3v) is 6.70. The van der Waals surface area contributed by atoms with E-state index < -0.39 is 13.8 Å². The van der Waals surface area contributed by atoms with Crippen molar-refractivity contribution in [3.63, 3.8) is 0 Å². The molecule has 0 aromatic carbocycles. The zero-order valence-corrected chi connectivity index (χ0v) is 10.8. The highest BCUT2D eigenvalue weighted by atomic mass is 35.7. The van der Waals surface area contributed by atoms with E-state index in [1.807, 2.05) is 0 Å². The average Bonchev–Trinajstić information content (AvgIpc) is 2.84. The van der Waals surface area contributed by atoms with Crippen LogP contribution in [-0.4, -0.2) is 13.2 Å². The summed E-state index contributed by atoms with van der Waals surface area (Å²) in [7, 11) is 2.18. The van der Waals surface area contributed by atoms with Gasteiger partial charge in [0.15, 0.2) is 0 Å². The first-order valence-corrected chi connectivity index (χ1v) is 8.12. The highest BCUT2D eigenvalue weighted by Gasteiger charge is 2.56. The Bertz CT molecular complexity index is 338. The second-order valence-corrected chi connectivity index (χ2v) is 8.63. The van der Waals surface area contributed by atoms with Crippen molar-refractivity contribution in [2.24, 2.45) is 5.41 Å². The maximum absolute atomic E-state index is 11.5. The minimum atomic E-state index is -3.36. The maximum atomic E-state index is 11.5. The summed E-state index contributed by atoms with van der Waals surface area (Å²) in [6.07, 6.45) is 8.46. The number of rotatable bonds is 3. The van der Waals surface area contributed by atoms with Crippen LogP contribution in [0.3, 0.4) is 0 Å². The van der Waals surface area contributed by atoms with Crippen LogP contribution in [0.25, 0.3) is 0 Å². The number of hydrogen-bond donors (Lipinski definition) is 0. The van der Waals surface area contributed by atoms with Crippen molar-refractivity contribution in [3.8, 4) is 0 Å². The lowest BCUT2D eigenvalue weighted by Crippen LogP contribution is -2.30. The van der Waals surface area contributed by atoms with Crippen LogP contribution >= 0.6 is 10.7 Å². The predicted octanol–water partition coefficient (Wildman–Crippen LogP) is 3.45. The molecule has 0 heterocycles. The van der Waals surface area contributed by atoms with E-state index in [0.29, 0.717) is 0 Å². The van der Waals surface area contributed by atoms with Crippen molar-refractivity contribution in [1.29, 1.82) is 0 Å². The zero-order chi connectivity index (χ0) is 11.2. The fraction of sp³-hybridized carbons (Fsp3) is 1.00. The summed E-state index contributed by atoms with van der Waals surface area (Å²) in [5.74, 6) is 0. The molecule has 0 radical (unpaired) electrons. The molecule has 0 aromatic heterocycles. The van der Waals surface area contributed by atoms with Gasteiger partial charge in [-0.15, -0.1) is 0 Å². The molecule has 2 aliphatic rings. The summed E-state index contributed by atoms with van der Waals surface area (Å²) in [6.45, 7) is 2.23. The lowest BCUT2D eigenvalue weighted by molar-refractivity contribution is 0.193. The summed E-state index contributed by atoms with van der Waals surface area (Å²) >= 11 is 0. The molecular weight excluding hydrogens is 232 g/mol. The van der Waals surface area contributed by atoms with Crippen LogP contribution in [0.1, 0.15) is 58.3 Å². The fourth-order valence-electron chi connectivity index (χ4n) is 3.01. The molecule has 2 nitrogen and oxygen atoms in total. The van der Waals surface area contributed by atoms with Crippen molar-refractivity contribution < 1.29 is 8.42 Å². The van der Waals surface area contributed by atoms with Gasteiger partial charge in [0.2, 0.25) is 9.05 Å². The second-order valence-electron chi connectivity index (χ2n) is 5.67. The molecule has 4 heteroatoms. The molecular formula is C11H19ClO2S. The summed E-state index contributed by atoms with van der Waals surface area (Å²) in [6, 6.07) is 0. The molecule has 0 unspecified atom stereocenters. The van der Waals surface area contributed by atoms with E-state index in [1.165, 1.54) is 32.1 Å². The minimum absolute atomic E-state index is 0.219. The Morgan fingerprint density at radius 3 is 2.00 bits per heavy atom. The van der Waals surface area contributed by atoms with Gasteiger partial charge in [-0.05, 0) is 37.5 Å². The van der Waals surface area contributed by atoms with Crippen LogP contribution in [-0.2, 0) is 9.05 Å². The van der Waals surface area contributed by atoms with Crippen molar-refractivity contribution in [2.75, 3.05) is 0 Å². The summed E-state index contributed by atoms with van der Waals surface area (Å²) in [5, 5.41) is 0. The Labute approximate surface area is 96.8 Å². The van der Waals surface area contributed by atoms with Crippen molar-refractivity contribution in [2.45, 2.75) is 63.0 Å². The molecule has 0 saturated heterocycles. The van der Waals surface area contributed by atoms with Crippen LogP contribution in [0.5, 0.6) is 0 Å². The number of hydrogen-bond acceptors (Lipinski definition) is 2. The summed E-state index contributed by atoms with van der Waals surface area (Å²) in [5.41, 5.74) is 0.219. The average molecular weight is 251 g/mol. The lowest BCUT2D eigenvalue weighted by atomic mass is 9.72. The molecule has 0 amide bonds. The van der Waals surface area contributed by atoms with Gasteiger partial charge >= 0.3 is 0 Å². The summed E-state index contributed by atoms with van der Waals surface area (Å²) < 4.78 is 22.4. The molecule has 2 saturated carbocycles. The van der Waals surface area contributed by atoms with Crippen LogP contribution in [0, 0.1) is 5.41 Å². The standard InChI is InChI=1S/C11H19ClO2S/c1-10(5-3-2-4-6-10)9-11(7-8-11)15(12,13)14/h2-9H2,1H3. The van der Waals surface area contributed by atoms with E-state index in [1.54, 1.807) is 0 Å². The van der Waals surface area contributed by atoms with Gasteiger partial charge in [0.05, 0.1) is 4.75 Å². The lowest BCUT2D eigenvalue weighted by Gasteiger charge is -2.36. The van der Waals surface area contributed by atoms with Gasteiger partial charge in [0.1, 0.15) is 0 Å². The Morgan fingerprint density at radius 2 is 1.60 bits per heavy atom. The SMILES string of the molecule is CC1(CC2(S(=O)(=O)Cl)CC2)CCCCC1. The van der Waals surface area contributed by atoms with Crippen molar-refractivity contribution in [1.82, 2.24) is 0 Å². The molecule has 88 valence electrons. The normalized spacial score (nSPS) is 28.7. The highest BCUT2D eigenvalue weighted by molar-refractivity contribution is 8.15. The Balaban J connectivity index is 2.08. The highest BCUT2D eigenvalue weighted by Crippen LogP contribution is 2.55. The van der Waals surface area contributed by atoms with Crippen molar-refractivity contribution >= 4 is 19.7 Å². The van der Waals surface area contributed by atoms with Crippen LogP contribution in [0.4, 0.5) is 0 Å². The Morgan fingerprint density at radius 1 is 1.07 bits per heavy atom. The number of halogens is 1. The van der Waals surface area contributed by atoms with Gasteiger partial charge in [0.25, 0.3) is 0 Å². The molecule has 2 fully saturated rings. The van der Waals surface area contributed by atoms with E-state index >= 15 is 0 Å². The van der Waals surface area contributed by atoms with E-state index in [2.05, 4.69) is 6.92 Å². The third kappa shape index (κ3) is 2.33. The topological polar surface area (TPSA) is 34.1 Å². The molecule has 0 atom stereocenters. The predicted molar refractivity (Wildman–Crippen MR) is 62.5 cm³/mol. The first kappa shape index (κ1) is 11.7. The Kier molecular flexibility index (Phi) is 2.83. The molecule has 0 N–H and O–H groups in total.